The second-order valence-electron chi connectivity index (χ2n) is 12.6. The summed E-state index contributed by atoms with van der Waals surface area (Å²) in [4.78, 5) is 59.7. The molecule has 4 amide bonds. The van der Waals surface area contributed by atoms with Gasteiger partial charge in [-0.15, -0.1) is 0 Å². The number of ether oxygens (including phenoxy) is 1. The molecule has 2 fully saturated rings. The van der Waals surface area contributed by atoms with Crippen molar-refractivity contribution in [3.8, 4) is 5.88 Å². The van der Waals surface area contributed by atoms with Gasteiger partial charge in [-0.25, -0.2) is 9.37 Å². The predicted octanol–water partition coefficient (Wildman–Crippen LogP) is 4.45. The molecule has 1 aromatic carbocycles. The van der Waals surface area contributed by atoms with Gasteiger partial charge in [0.05, 0.1) is 12.8 Å². The SMILES string of the molecule is CCC(=O)N[C@@H](C(=O)N1CCN(C)CC1)[C@@H](C)c1ccc(NC(=O)[C@@H](SNC(=O)C(F)(F)c2ccc(OC)nc2)C2CCCCC2)c(F)c1. The van der Waals surface area contributed by atoms with Gasteiger partial charge in [0.1, 0.15) is 17.1 Å². The van der Waals surface area contributed by atoms with Crippen LogP contribution in [0.25, 0.3) is 0 Å². The Morgan fingerprint density at radius 1 is 1.06 bits per heavy atom. The number of alkyl halides is 2. The second-order valence-corrected chi connectivity index (χ2v) is 13.5. The van der Waals surface area contributed by atoms with Crippen LogP contribution in [-0.4, -0.2) is 90.0 Å². The van der Waals surface area contributed by atoms with Crippen LogP contribution in [-0.2, 0) is 25.1 Å². The van der Waals surface area contributed by atoms with E-state index in [1.807, 2.05) is 7.05 Å². The third-order valence-electron chi connectivity index (χ3n) is 9.20. The van der Waals surface area contributed by atoms with Crippen molar-refractivity contribution in [2.45, 2.75) is 75.5 Å². The Balaban J connectivity index is 1.48. The van der Waals surface area contributed by atoms with Crippen molar-refractivity contribution in [2.75, 3.05) is 45.7 Å². The topological polar surface area (TPSA) is 133 Å². The highest BCUT2D eigenvalue weighted by Crippen LogP contribution is 2.35. The van der Waals surface area contributed by atoms with E-state index in [-0.39, 0.29) is 35.7 Å². The number of piperazine rings is 1. The van der Waals surface area contributed by atoms with Gasteiger partial charge in [-0.3, -0.25) is 23.9 Å². The zero-order chi connectivity index (χ0) is 35.7. The van der Waals surface area contributed by atoms with Gasteiger partial charge in [0.2, 0.25) is 23.6 Å². The van der Waals surface area contributed by atoms with E-state index in [4.69, 9.17) is 4.74 Å². The summed E-state index contributed by atoms with van der Waals surface area (Å²) in [5, 5.41) is 4.42. The quantitative estimate of drug-likeness (QED) is 0.261. The fourth-order valence-electron chi connectivity index (χ4n) is 6.01. The average molecular weight is 707 g/mol. The van der Waals surface area contributed by atoms with Crippen molar-refractivity contribution in [1.82, 2.24) is 24.8 Å². The molecule has 49 heavy (non-hydrogen) atoms. The van der Waals surface area contributed by atoms with Crippen molar-refractivity contribution in [3.05, 3.63) is 53.5 Å². The smallest absolute Gasteiger partial charge is 0.352 e. The van der Waals surface area contributed by atoms with Crippen molar-refractivity contribution >= 4 is 41.3 Å². The summed E-state index contributed by atoms with van der Waals surface area (Å²) < 4.78 is 52.6. The molecule has 0 unspecified atom stereocenters. The summed E-state index contributed by atoms with van der Waals surface area (Å²) in [7, 11) is 3.31. The van der Waals surface area contributed by atoms with Gasteiger partial charge in [-0.2, -0.15) is 8.78 Å². The summed E-state index contributed by atoms with van der Waals surface area (Å²) in [5.74, 6) is -8.21. The van der Waals surface area contributed by atoms with Crippen LogP contribution in [0.5, 0.6) is 5.88 Å². The number of hydrogen-bond acceptors (Lipinski definition) is 8. The Labute approximate surface area is 289 Å². The highest BCUT2D eigenvalue weighted by Gasteiger charge is 2.43. The number of nitrogens with zero attached hydrogens (tertiary/aromatic N) is 3. The lowest BCUT2D eigenvalue weighted by molar-refractivity contribution is -0.144. The molecule has 1 aliphatic carbocycles. The molecule has 3 N–H and O–H groups in total. The first kappa shape index (κ1) is 38.0. The van der Waals surface area contributed by atoms with Crippen LogP contribution in [0.3, 0.4) is 0 Å². The van der Waals surface area contributed by atoms with Crippen LogP contribution in [0, 0.1) is 11.7 Å². The number of anilines is 1. The van der Waals surface area contributed by atoms with E-state index >= 15 is 4.39 Å². The molecule has 2 aromatic rings. The monoisotopic (exact) mass is 706 g/mol. The van der Waals surface area contributed by atoms with Gasteiger partial charge in [-0.05, 0) is 61.5 Å². The molecule has 268 valence electrons. The number of amides is 4. The minimum Gasteiger partial charge on any atom is -0.481 e. The predicted molar refractivity (Wildman–Crippen MR) is 181 cm³/mol. The molecular weight excluding hydrogens is 661 g/mol. The lowest BCUT2D eigenvalue weighted by atomic mass is 9.86. The molecule has 3 atom stereocenters. The standard InChI is InChI=1S/C34H45F3N6O5S/c1-5-27(44)40-29(32(46)43-17-15-42(3)16-18-43)21(2)23-11-13-26(25(35)19-23)39-31(45)30(22-9-7-6-8-10-22)49-41-33(47)34(36,37)24-12-14-28(48-4)38-20-24/h11-14,19-22,29-30H,5-10,15-18H2,1-4H3,(H,39,45)(H,40,44)(H,41,47)/t21-,29+,30-/m0/s1. The molecule has 0 spiro atoms. The lowest BCUT2D eigenvalue weighted by Crippen LogP contribution is -2.55. The Morgan fingerprint density at radius 3 is 2.35 bits per heavy atom. The normalized spacial score (nSPS) is 17.8. The Hall–Kier alpha value is -3.85. The van der Waals surface area contributed by atoms with Crippen LogP contribution < -0.4 is 20.1 Å². The van der Waals surface area contributed by atoms with Crippen molar-refractivity contribution in [3.63, 3.8) is 0 Å². The summed E-state index contributed by atoms with van der Waals surface area (Å²) in [6, 6.07) is 5.52. The van der Waals surface area contributed by atoms with Crippen LogP contribution in [0.15, 0.2) is 36.5 Å². The lowest BCUT2D eigenvalue weighted by Gasteiger charge is -2.36. The number of nitrogens with one attached hydrogen (secondary N) is 3. The fourth-order valence-corrected chi connectivity index (χ4v) is 7.00. The maximum atomic E-state index is 15.6. The molecule has 0 radical (unpaired) electrons. The molecule has 2 heterocycles. The first-order chi connectivity index (χ1) is 23.3. The average Bonchev–Trinajstić information content (AvgIpc) is 3.11. The van der Waals surface area contributed by atoms with E-state index in [2.05, 4.69) is 25.2 Å². The summed E-state index contributed by atoms with van der Waals surface area (Å²) in [6.07, 6.45) is 4.95. The number of aromatic nitrogens is 1. The maximum absolute atomic E-state index is 15.6. The molecule has 15 heteroatoms. The van der Waals surface area contributed by atoms with Crippen LogP contribution in [0.4, 0.5) is 18.9 Å². The molecule has 1 saturated carbocycles. The van der Waals surface area contributed by atoms with Gasteiger partial charge < -0.3 is 25.2 Å². The number of rotatable bonds is 13. The molecule has 1 aromatic heterocycles. The van der Waals surface area contributed by atoms with E-state index in [1.54, 1.807) is 24.8 Å². The van der Waals surface area contributed by atoms with E-state index in [0.717, 1.165) is 31.5 Å². The Bertz CT molecular complexity index is 1470. The second kappa shape index (κ2) is 17.2. The van der Waals surface area contributed by atoms with Crippen LogP contribution >= 0.6 is 11.9 Å². The molecule has 1 saturated heterocycles. The van der Waals surface area contributed by atoms with Gasteiger partial charge >= 0.3 is 11.8 Å². The number of pyridine rings is 1. The number of halogens is 3. The van der Waals surface area contributed by atoms with Gasteiger partial charge in [0, 0.05) is 56.3 Å². The number of hydrogen-bond donors (Lipinski definition) is 3. The van der Waals surface area contributed by atoms with Crippen molar-refractivity contribution < 1.29 is 37.1 Å². The van der Waals surface area contributed by atoms with E-state index in [0.29, 0.717) is 56.5 Å². The van der Waals surface area contributed by atoms with Gasteiger partial charge in [0.25, 0.3) is 0 Å². The number of methoxy groups -OCH3 is 1. The molecule has 1 aliphatic heterocycles. The minimum absolute atomic E-state index is 0.111. The van der Waals surface area contributed by atoms with Crippen molar-refractivity contribution in [1.29, 1.82) is 0 Å². The number of benzene rings is 1. The third kappa shape index (κ3) is 9.65. The largest absolute Gasteiger partial charge is 0.481 e. The molecule has 0 bridgehead atoms. The number of likely N-dealkylation sites (N-methyl/N-ethyl adjacent to an activating group) is 1. The van der Waals surface area contributed by atoms with E-state index < -0.39 is 46.3 Å². The summed E-state index contributed by atoms with van der Waals surface area (Å²) >= 11 is 0.591. The summed E-state index contributed by atoms with van der Waals surface area (Å²) in [5.41, 5.74) is -0.328. The maximum Gasteiger partial charge on any atom is 0.352 e. The molecular formula is C34H45F3N6O5S. The first-order valence-corrected chi connectivity index (χ1v) is 17.4. The highest BCUT2D eigenvalue weighted by atomic mass is 32.2. The van der Waals surface area contributed by atoms with Crippen LogP contribution in [0.1, 0.15) is 69.4 Å². The van der Waals surface area contributed by atoms with Crippen molar-refractivity contribution in [2.24, 2.45) is 5.92 Å². The zero-order valence-electron chi connectivity index (χ0n) is 28.3. The minimum atomic E-state index is -3.93. The van der Waals surface area contributed by atoms with Gasteiger partial charge in [-0.1, -0.05) is 39.2 Å². The first-order valence-electron chi connectivity index (χ1n) is 16.6. The Kier molecular flexibility index (Phi) is 13.3. The zero-order valence-corrected chi connectivity index (χ0v) is 29.1. The van der Waals surface area contributed by atoms with Gasteiger partial charge in [0.15, 0.2) is 0 Å². The van der Waals surface area contributed by atoms with Crippen LogP contribution in [0.2, 0.25) is 0 Å². The molecule has 4 rings (SSSR count). The fraction of sp³-hybridized carbons (Fsp3) is 0.559. The summed E-state index contributed by atoms with van der Waals surface area (Å²) in [6.45, 7) is 5.84. The van der Waals surface area contributed by atoms with E-state index in [1.165, 1.54) is 25.3 Å². The highest BCUT2D eigenvalue weighted by molar-refractivity contribution is 7.99. The van der Waals surface area contributed by atoms with E-state index in [9.17, 15) is 28.0 Å². The number of carbonyl (C=O) groups is 4. The third-order valence-corrected chi connectivity index (χ3v) is 10.4. The Morgan fingerprint density at radius 2 is 1.76 bits per heavy atom. The number of carbonyl (C=O) groups excluding carboxylic acids is 4. The molecule has 11 nitrogen and oxygen atoms in total. The molecule has 2 aliphatic rings.